The Balaban J connectivity index is 2.42. The number of nitrogens with two attached hydrogens (primary N) is 1. The molecule has 1 saturated heterocycles. The van der Waals surface area contributed by atoms with Crippen LogP contribution in [-0.4, -0.2) is 41.9 Å². The quantitative estimate of drug-likeness (QED) is 0.816. The monoisotopic (exact) mass is 283 g/mol. The Morgan fingerprint density at radius 1 is 1.30 bits per heavy atom. The van der Waals surface area contributed by atoms with Gasteiger partial charge in [0.2, 0.25) is 11.8 Å². The number of carbonyl (C=O) groups is 2. The number of rotatable bonds is 4. The minimum absolute atomic E-state index is 0.0239. The Morgan fingerprint density at radius 3 is 2.30 bits per heavy atom. The Bertz CT molecular complexity index is 342. The average molecular weight is 283 g/mol. The fourth-order valence-electron chi connectivity index (χ4n) is 2.34. The molecule has 5 nitrogen and oxygen atoms in total. The van der Waals surface area contributed by atoms with Crippen LogP contribution >= 0.6 is 0 Å². The van der Waals surface area contributed by atoms with Crippen LogP contribution < -0.4 is 11.1 Å². The summed E-state index contributed by atoms with van der Waals surface area (Å²) in [4.78, 5) is 25.7. The lowest BCUT2D eigenvalue weighted by Gasteiger charge is -2.36. The number of likely N-dealkylation sites (tertiary alicyclic amines) is 1. The summed E-state index contributed by atoms with van der Waals surface area (Å²) in [5.41, 5.74) is 5.80. The molecular weight excluding hydrogens is 254 g/mol. The molecule has 0 bridgehead atoms. The Labute approximate surface area is 122 Å². The molecule has 0 saturated carbocycles. The van der Waals surface area contributed by atoms with E-state index >= 15 is 0 Å². The molecule has 0 aromatic rings. The van der Waals surface area contributed by atoms with Gasteiger partial charge in [-0.1, -0.05) is 27.7 Å². The first kappa shape index (κ1) is 17.0. The van der Waals surface area contributed by atoms with Crippen LogP contribution in [0.1, 0.15) is 53.4 Å². The molecule has 1 aliphatic heterocycles. The SMILES string of the molecule is CCCC(=O)NC1CCN(C(=O)[C@H](N)C(C)(C)C)CC1. The molecule has 1 fully saturated rings. The van der Waals surface area contributed by atoms with Gasteiger partial charge in [-0.25, -0.2) is 0 Å². The number of hydrogen-bond donors (Lipinski definition) is 2. The predicted molar refractivity (Wildman–Crippen MR) is 80.1 cm³/mol. The maximum Gasteiger partial charge on any atom is 0.240 e. The lowest BCUT2D eigenvalue weighted by molar-refractivity contribution is -0.136. The summed E-state index contributed by atoms with van der Waals surface area (Å²) in [6.07, 6.45) is 3.08. The first-order valence-electron chi connectivity index (χ1n) is 7.59. The molecule has 2 amide bonds. The van der Waals surface area contributed by atoms with Crippen LogP contribution in [0, 0.1) is 5.41 Å². The van der Waals surface area contributed by atoms with Crippen molar-refractivity contribution in [2.24, 2.45) is 11.1 Å². The number of nitrogens with zero attached hydrogens (tertiary/aromatic N) is 1. The number of hydrogen-bond acceptors (Lipinski definition) is 3. The van der Waals surface area contributed by atoms with Crippen LogP contribution in [0.2, 0.25) is 0 Å². The van der Waals surface area contributed by atoms with E-state index in [1.807, 2.05) is 32.6 Å². The normalized spacial score (nSPS) is 18.8. The first-order chi connectivity index (χ1) is 9.25. The van der Waals surface area contributed by atoms with Crippen LogP contribution in [0.25, 0.3) is 0 Å². The van der Waals surface area contributed by atoms with Gasteiger partial charge in [-0.05, 0) is 24.7 Å². The Kier molecular flexibility index (Phi) is 5.99. The van der Waals surface area contributed by atoms with Gasteiger partial charge in [-0.2, -0.15) is 0 Å². The zero-order chi connectivity index (χ0) is 15.3. The van der Waals surface area contributed by atoms with Crippen LogP contribution in [0.4, 0.5) is 0 Å². The second-order valence-electron chi connectivity index (χ2n) is 6.76. The third-order valence-electron chi connectivity index (χ3n) is 3.85. The van der Waals surface area contributed by atoms with E-state index in [1.165, 1.54) is 0 Å². The lowest BCUT2D eigenvalue weighted by Crippen LogP contribution is -2.54. The summed E-state index contributed by atoms with van der Waals surface area (Å²) < 4.78 is 0. The highest BCUT2D eigenvalue weighted by molar-refractivity contribution is 5.82. The second-order valence-corrected chi connectivity index (χ2v) is 6.76. The molecule has 20 heavy (non-hydrogen) atoms. The van der Waals surface area contributed by atoms with E-state index in [0.29, 0.717) is 19.5 Å². The van der Waals surface area contributed by atoms with Crippen molar-refractivity contribution in [2.75, 3.05) is 13.1 Å². The van der Waals surface area contributed by atoms with Crippen LogP contribution in [0.15, 0.2) is 0 Å². The number of piperidine rings is 1. The third kappa shape index (κ3) is 4.78. The van der Waals surface area contributed by atoms with Crippen LogP contribution in [0.3, 0.4) is 0 Å². The summed E-state index contributed by atoms with van der Waals surface area (Å²) in [5.74, 6) is 0.138. The topological polar surface area (TPSA) is 75.4 Å². The number of amides is 2. The Morgan fingerprint density at radius 2 is 1.85 bits per heavy atom. The molecule has 1 rings (SSSR count). The highest BCUT2D eigenvalue weighted by atomic mass is 16.2. The summed E-state index contributed by atoms with van der Waals surface area (Å²) in [6.45, 7) is 9.29. The van der Waals surface area contributed by atoms with Crippen molar-refractivity contribution in [3.8, 4) is 0 Å². The van der Waals surface area contributed by atoms with Gasteiger partial charge >= 0.3 is 0 Å². The zero-order valence-corrected chi connectivity index (χ0v) is 13.2. The largest absolute Gasteiger partial charge is 0.353 e. The van der Waals surface area contributed by atoms with Gasteiger partial charge in [-0.3, -0.25) is 9.59 Å². The standard InChI is InChI=1S/C15H29N3O2/c1-5-6-12(19)17-11-7-9-18(10-8-11)14(20)13(16)15(2,3)4/h11,13H,5-10,16H2,1-4H3,(H,17,19)/t13-/m0/s1. The summed E-state index contributed by atoms with van der Waals surface area (Å²) >= 11 is 0. The molecule has 0 aromatic heterocycles. The molecule has 0 aliphatic carbocycles. The highest BCUT2D eigenvalue weighted by Crippen LogP contribution is 2.21. The van der Waals surface area contributed by atoms with Crippen molar-refractivity contribution in [3.05, 3.63) is 0 Å². The Hall–Kier alpha value is -1.10. The molecule has 0 radical (unpaired) electrons. The van der Waals surface area contributed by atoms with Crippen molar-refractivity contribution in [2.45, 2.75) is 65.5 Å². The van der Waals surface area contributed by atoms with E-state index in [4.69, 9.17) is 5.73 Å². The van der Waals surface area contributed by atoms with Gasteiger partial charge in [0.15, 0.2) is 0 Å². The van der Waals surface area contributed by atoms with E-state index in [9.17, 15) is 9.59 Å². The molecule has 5 heteroatoms. The minimum Gasteiger partial charge on any atom is -0.353 e. The smallest absolute Gasteiger partial charge is 0.240 e. The molecule has 0 spiro atoms. The molecule has 1 heterocycles. The van der Waals surface area contributed by atoms with Crippen molar-refractivity contribution >= 4 is 11.8 Å². The zero-order valence-electron chi connectivity index (χ0n) is 13.2. The minimum atomic E-state index is -0.464. The van der Waals surface area contributed by atoms with Gasteiger partial charge in [0.25, 0.3) is 0 Å². The van der Waals surface area contributed by atoms with Gasteiger partial charge < -0.3 is 16.0 Å². The van der Waals surface area contributed by atoms with Gasteiger partial charge in [0.05, 0.1) is 6.04 Å². The van der Waals surface area contributed by atoms with E-state index in [1.54, 1.807) is 0 Å². The van der Waals surface area contributed by atoms with Crippen molar-refractivity contribution in [1.82, 2.24) is 10.2 Å². The predicted octanol–water partition coefficient (Wildman–Crippen LogP) is 1.27. The fourth-order valence-corrected chi connectivity index (χ4v) is 2.34. The maximum atomic E-state index is 12.3. The molecule has 3 N–H and O–H groups in total. The molecule has 1 atom stereocenters. The van der Waals surface area contributed by atoms with E-state index in [-0.39, 0.29) is 23.3 Å². The summed E-state index contributed by atoms with van der Waals surface area (Å²) in [5, 5.41) is 3.03. The van der Waals surface area contributed by atoms with E-state index in [2.05, 4.69) is 5.32 Å². The highest BCUT2D eigenvalue weighted by Gasteiger charge is 2.33. The van der Waals surface area contributed by atoms with Crippen molar-refractivity contribution < 1.29 is 9.59 Å². The number of nitrogens with one attached hydrogen (secondary N) is 1. The molecule has 0 unspecified atom stereocenters. The van der Waals surface area contributed by atoms with Gasteiger partial charge in [0, 0.05) is 25.6 Å². The van der Waals surface area contributed by atoms with Crippen LogP contribution in [0.5, 0.6) is 0 Å². The van der Waals surface area contributed by atoms with Gasteiger partial charge in [-0.15, -0.1) is 0 Å². The second kappa shape index (κ2) is 7.07. The van der Waals surface area contributed by atoms with Gasteiger partial charge in [0.1, 0.15) is 0 Å². The molecular formula is C15H29N3O2. The van der Waals surface area contributed by atoms with Crippen molar-refractivity contribution in [1.29, 1.82) is 0 Å². The molecule has 1 aliphatic rings. The summed E-state index contributed by atoms with van der Waals surface area (Å²) in [7, 11) is 0. The molecule has 116 valence electrons. The van der Waals surface area contributed by atoms with E-state index in [0.717, 1.165) is 19.3 Å². The lowest BCUT2D eigenvalue weighted by atomic mass is 9.86. The van der Waals surface area contributed by atoms with Crippen LogP contribution in [-0.2, 0) is 9.59 Å². The first-order valence-corrected chi connectivity index (χ1v) is 7.59. The van der Waals surface area contributed by atoms with Crippen molar-refractivity contribution in [3.63, 3.8) is 0 Å². The third-order valence-corrected chi connectivity index (χ3v) is 3.85. The number of carbonyl (C=O) groups excluding carboxylic acids is 2. The van der Waals surface area contributed by atoms with E-state index < -0.39 is 6.04 Å². The maximum absolute atomic E-state index is 12.3. The average Bonchev–Trinajstić information content (AvgIpc) is 2.37. The molecule has 0 aromatic carbocycles. The fraction of sp³-hybridized carbons (Fsp3) is 0.867. The summed E-state index contributed by atoms with van der Waals surface area (Å²) in [6, 6.07) is -0.266.